The zero-order valence-corrected chi connectivity index (χ0v) is 10.7. The van der Waals surface area contributed by atoms with Gasteiger partial charge in [-0.15, -0.1) is 0 Å². The first-order valence-corrected chi connectivity index (χ1v) is 6.43. The van der Waals surface area contributed by atoms with Gasteiger partial charge in [-0.3, -0.25) is 0 Å². The van der Waals surface area contributed by atoms with Crippen LogP contribution in [0.5, 0.6) is 0 Å². The van der Waals surface area contributed by atoms with E-state index in [9.17, 15) is 0 Å². The number of aryl methyl sites for hydroxylation is 1. The molecule has 0 spiro atoms. The lowest BCUT2D eigenvalue weighted by Gasteiger charge is -2.00. The summed E-state index contributed by atoms with van der Waals surface area (Å²) in [6.45, 7) is 2.07. The Morgan fingerprint density at radius 1 is 1.17 bits per heavy atom. The van der Waals surface area contributed by atoms with Gasteiger partial charge in [-0.1, -0.05) is 18.2 Å². The number of nitrogen functional groups attached to an aromatic ring is 1. The van der Waals surface area contributed by atoms with Gasteiger partial charge < -0.3 is 10.2 Å². The molecule has 2 aromatic carbocycles. The van der Waals surface area contributed by atoms with Crippen molar-refractivity contribution in [2.45, 2.75) is 17.0 Å². The molecule has 4 heteroatoms. The third-order valence-electron chi connectivity index (χ3n) is 2.68. The largest absolute Gasteiger partial charge is 0.431 e. The Hall–Kier alpha value is -1.94. The van der Waals surface area contributed by atoms with E-state index in [1.165, 1.54) is 17.3 Å². The van der Waals surface area contributed by atoms with Gasteiger partial charge in [0.2, 0.25) is 0 Å². The fourth-order valence-electron chi connectivity index (χ4n) is 1.73. The van der Waals surface area contributed by atoms with E-state index >= 15 is 0 Å². The van der Waals surface area contributed by atoms with Crippen LogP contribution in [0.25, 0.3) is 11.1 Å². The number of benzene rings is 2. The summed E-state index contributed by atoms with van der Waals surface area (Å²) >= 11 is 1.53. The van der Waals surface area contributed by atoms with Crippen LogP contribution in [0.3, 0.4) is 0 Å². The molecular weight excluding hydrogens is 244 g/mol. The average Bonchev–Trinajstić information content (AvgIpc) is 2.73. The number of hydrogen-bond acceptors (Lipinski definition) is 4. The molecule has 0 unspecified atom stereocenters. The molecule has 2 N–H and O–H groups in total. The fraction of sp³-hybridized carbons (Fsp3) is 0.0714. The first kappa shape index (κ1) is 11.2. The molecule has 0 bridgehead atoms. The normalized spacial score (nSPS) is 10.9. The maximum Gasteiger partial charge on any atom is 0.261 e. The number of hydrogen-bond donors (Lipinski definition) is 1. The minimum atomic E-state index is 0.643. The molecular formula is C14H12N2OS. The van der Waals surface area contributed by atoms with Crippen LogP contribution >= 0.6 is 11.8 Å². The zero-order valence-electron chi connectivity index (χ0n) is 9.88. The zero-order chi connectivity index (χ0) is 12.5. The molecule has 0 amide bonds. The summed E-state index contributed by atoms with van der Waals surface area (Å²) in [5, 5.41) is 0.643. The Morgan fingerprint density at radius 2 is 2.00 bits per heavy atom. The average molecular weight is 256 g/mol. The Balaban J connectivity index is 1.98. The van der Waals surface area contributed by atoms with Crippen LogP contribution in [-0.4, -0.2) is 4.98 Å². The van der Waals surface area contributed by atoms with Gasteiger partial charge in [-0.2, -0.15) is 0 Å². The van der Waals surface area contributed by atoms with Gasteiger partial charge in [0.05, 0.1) is 0 Å². The second-order valence-electron chi connectivity index (χ2n) is 4.07. The topological polar surface area (TPSA) is 52.0 Å². The van der Waals surface area contributed by atoms with Crippen LogP contribution in [0.4, 0.5) is 5.69 Å². The van der Waals surface area contributed by atoms with Crippen molar-refractivity contribution in [3.8, 4) is 0 Å². The molecule has 0 atom stereocenters. The summed E-state index contributed by atoms with van der Waals surface area (Å²) in [6.07, 6.45) is 0. The van der Waals surface area contributed by atoms with E-state index < -0.39 is 0 Å². The number of anilines is 1. The number of fused-ring (bicyclic) bond motifs is 1. The number of oxazole rings is 1. The first-order valence-electron chi connectivity index (χ1n) is 5.62. The molecule has 0 saturated heterocycles. The van der Waals surface area contributed by atoms with E-state index in [2.05, 4.69) is 24.0 Å². The lowest BCUT2D eigenvalue weighted by Crippen LogP contribution is -1.81. The van der Waals surface area contributed by atoms with Gasteiger partial charge >= 0.3 is 0 Å². The smallest absolute Gasteiger partial charge is 0.261 e. The third kappa shape index (κ3) is 2.07. The van der Waals surface area contributed by atoms with Gasteiger partial charge in [-0.05, 0) is 42.4 Å². The highest BCUT2D eigenvalue weighted by molar-refractivity contribution is 7.99. The van der Waals surface area contributed by atoms with Gasteiger partial charge in [0.1, 0.15) is 5.52 Å². The maximum absolute atomic E-state index is 5.72. The van der Waals surface area contributed by atoms with Crippen LogP contribution < -0.4 is 5.73 Å². The molecule has 0 aliphatic heterocycles. The molecule has 3 aromatic rings. The number of nitrogens with zero attached hydrogens (tertiary/aromatic N) is 1. The highest BCUT2D eigenvalue weighted by atomic mass is 32.2. The van der Waals surface area contributed by atoms with Gasteiger partial charge in [0, 0.05) is 16.6 Å². The highest BCUT2D eigenvalue weighted by Gasteiger charge is 2.08. The van der Waals surface area contributed by atoms with Crippen molar-refractivity contribution < 1.29 is 4.42 Å². The number of aromatic nitrogens is 1. The molecule has 0 radical (unpaired) electrons. The van der Waals surface area contributed by atoms with Gasteiger partial charge in [0.25, 0.3) is 5.22 Å². The van der Waals surface area contributed by atoms with E-state index in [1.807, 2.05) is 24.3 Å². The summed E-state index contributed by atoms with van der Waals surface area (Å²) in [7, 11) is 0. The van der Waals surface area contributed by atoms with Crippen molar-refractivity contribution in [3.05, 3.63) is 48.0 Å². The van der Waals surface area contributed by atoms with E-state index in [1.54, 1.807) is 6.07 Å². The van der Waals surface area contributed by atoms with Gasteiger partial charge in [-0.25, -0.2) is 4.98 Å². The standard InChI is InChI=1S/C14H12N2OS/c1-9-4-2-3-5-13(9)18-14-16-11-7-6-10(15)8-12(11)17-14/h2-8H,15H2,1H3. The molecule has 3 nitrogen and oxygen atoms in total. The minimum Gasteiger partial charge on any atom is -0.431 e. The van der Waals surface area contributed by atoms with Crippen LogP contribution in [0.1, 0.15) is 5.56 Å². The van der Waals surface area contributed by atoms with Crippen LogP contribution in [0.2, 0.25) is 0 Å². The van der Waals surface area contributed by atoms with E-state index in [0.717, 1.165) is 16.0 Å². The van der Waals surface area contributed by atoms with Crippen molar-refractivity contribution in [3.63, 3.8) is 0 Å². The Morgan fingerprint density at radius 3 is 2.83 bits per heavy atom. The molecule has 3 rings (SSSR count). The number of rotatable bonds is 2. The SMILES string of the molecule is Cc1ccccc1Sc1nc2ccc(N)cc2o1. The molecule has 0 fully saturated rings. The van der Waals surface area contributed by atoms with E-state index in [-0.39, 0.29) is 0 Å². The summed E-state index contributed by atoms with van der Waals surface area (Å²) < 4.78 is 5.68. The highest BCUT2D eigenvalue weighted by Crippen LogP contribution is 2.32. The maximum atomic E-state index is 5.72. The summed E-state index contributed by atoms with van der Waals surface area (Å²) in [6, 6.07) is 13.7. The Kier molecular flexibility index (Phi) is 2.72. The Bertz CT molecular complexity index is 706. The second kappa shape index (κ2) is 4.38. The van der Waals surface area contributed by atoms with Crippen LogP contribution in [0, 0.1) is 6.92 Å². The monoisotopic (exact) mass is 256 g/mol. The molecule has 1 aromatic heterocycles. The summed E-state index contributed by atoms with van der Waals surface area (Å²) in [5.41, 5.74) is 9.18. The summed E-state index contributed by atoms with van der Waals surface area (Å²) in [5.74, 6) is 0. The van der Waals surface area contributed by atoms with Crippen molar-refractivity contribution in [1.82, 2.24) is 4.98 Å². The van der Waals surface area contributed by atoms with Crippen molar-refractivity contribution in [2.75, 3.05) is 5.73 Å². The van der Waals surface area contributed by atoms with Crippen molar-refractivity contribution in [2.24, 2.45) is 0 Å². The van der Waals surface area contributed by atoms with Crippen LogP contribution in [-0.2, 0) is 0 Å². The molecule has 90 valence electrons. The lowest BCUT2D eigenvalue weighted by atomic mass is 10.2. The fourth-order valence-corrected chi connectivity index (χ4v) is 2.57. The molecule has 1 heterocycles. The third-order valence-corrected chi connectivity index (χ3v) is 3.71. The molecule has 0 saturated carbocycles. The van der Waals surface area contributed by atoms with E-state index in [4.69, 9.17) is 10.2 Å². The number of nitrogens with two attached hydrogens (primary N) is 1. The quantitative estimate of drug-likeness (QED) is 0.707. The van der Waals surface area contributed by atoms with Crippen molar-refractivity contribution >= 4 is 28.5 Å². The minimum absolute atomic E-state index is 0.643. The molecule has 18 heavy (non-hydrogen) atoms. The molecule has 0 aliphatic carbocycles. The molecule has 0 aliphatic rings. The van der Waals surface area contributed by atoms with Crippen LogP contribution in [0.15, 0.2) is 57.0 Å². The van der Waals surface area contributed by atoms with Crippen molar-refractivity contribution in [1.29, 1.82) is 0 Å². The lowest BCUT2D eigenvalue weighted by molar-refractivity contribution is 0.489. The van der Waals surface area contributed by atoms with E-state index in [0.29, 0.717) is 10.9 Å². The predicted molar refractivity (Wildman–Crippen MR) is 73.7 cm³/mol. The Labute approximate surface area is 109 Å². The predicted octanol–water partition coefficient (Wildman–Crippen LogP) is 3.87. The first-order chi connectivity index (χ1) is 8.72. The summed E-state index contributed by atoms with van der Waals surface area (Å²) in [4.78, 5) is 5.58. The van der Waals surface area contributed by atoms with Gasteiger partial charge in [0.15, 0.2) is 5.58 Å². The second-order valence-corrected chi connectivity index (χ2v) is 5.07.